The molecule has 0 saturated carbocycles. The standard InChI is InChI=1S/C26H27N3O6S/c1-18-12-20(13-21(17-30)28(2)3)14-24(26(31)32)25(18)29(16-19-6-5-11-27-15-19)36(33,34)23-9-7-22(35-4)8-10-23/h5-15,17H,16H2,1-4H3,(H,31,32). The smallest absolute Gasteiger partial charge is 0.337 e. The Kier molecular flexibility index (Phi) is 8.11. The van der Waals surface area contributed by atoms with Crippen molar-refractivity contribution in [1.29, 1.82) is 0 Å². The number of carbonyl (C=O) groups is 2. The number of hydrogen-bond donors (Lipinski definition) is 1. The zero-order chi connectivity index (χ0) is 26.5. The lowest BCUT2D eigenvalue weighted by atomic mass is 10.0. The van der Waals surface area contributed by atoms with Gasteiger partial charge in [-0.25, -0.2) is 13.2 Å². The maximum atomic E-state index is 13.9. The fourth-order valence-corrected chi connectivity index (χ4v) is 5.18. The molecule has 10 heteroatoms. The number of benzene rings is 2. The van der Waals surface area contributed by atoms with Gasteiger partial charge in [-0.1, -0.05) is 6.07 Å². The van der Waals surface area contributed by atoms with Gasteiger partial charge in [-0.3, -0.25) is 14.1 Å². The molecule has 0 aliphatic carbocycles. The van der Waals surface area contributed by atoms with Gasteiger partial charge in [0.25, 0.3) is 10.0 Å². The minimum absolute atomic E-state index is 0.0248. The van der Waals surface area contributed by atoms with Crippen molar-refractivity contribution in [3.05, 3.63) is 88.9 Å². The van der Waals surface area contributed by atoms with E-state index in [0.29, 0.717) is 34.4 Å². The number of carboxylic acids is 1. The van der Waals surface area contributed by atoms with Crippen molar-refractivity contribution < 1.29 is 27.9 Å². The summed E-state index contributed by atoms with van der Waals surface area (Å²) < 4.78 is 33.9. The molecule has 0 unspecified atom stereocenters. The molecule has 188 valence electrons. The summed E-state index contributed by atoms with van der Waals surface area (Å²) in [6, 6.07) is 12.3. The number of ether oxygens (including phenoxy) is 1. The predicted molar refractivity (Wildman–Crippen MR) is 136 cm³/mol. The first-order chi connectivity index (χ1) is 17.1. The number of aromatic nitrogens is 1. The lowest BCUT2D eigenvalue weighted by molar-refractivity contribution is -0.105. The highest BCUT2D eigenvalue weighted by molar-refractivity contribution is 7.92. The molecule has 0 spiro atoms. The molecule has 2 aromatic carbocycles. The van der Waals surface area contributed by atoms with Crippen molar-refractivity contribution in [2.75, 3.05) is 25.5 Å². The Morgan fingerprint density at radius 2 is 1.83 bits per heavy atom. The van der Waals surface area contributed by atoms with Gasteiger partial charge in [0.2, 0.25) is 0 Å². The number of aromatic carboxylic acids is 1. The largest absolute Gasteiger partial charge is 0.497 e. The first-order valence-electron chi connectivity index (χ1n) is 10.9. The minimum Gasteiger partial charge on any atom is -0.497 e. The third-order valence-corrected chi connectivity index (χ3v) is 7.21. The highest BCUT2D eigenvalue weighted by Crippen LogP contribution is 2.34. The van der Waals surface area contributed by atoms with Crippen LogP contribution in [-0.2, 0) is 21.4 Å². The average molecular weight is 510 g/mol. The second kappa shape index (κ2) is 11.0. The monoisotopic (exact) mass is 509 g/mol. The molecule has 3 aromatic rings. The van der Waals surface area contributed by atoms with Crippen LogP contribution in [0.5, 0.6) is 5.75 Å². The van der Waals surface area contributed by atoms with Gasteiger partial charge in [-0.2, -0.15) is 0 Å². The molecule has 3 rings (SSSR count). The number of aldehydes is 1. The van der Waals surface area contributed by atoms with Gasteiger partial charge in [0.15, 0.2) is 6.29 Å². The van der Waals surface area contributed by atoms with Crippen molar-refractivity contribution in [1.82, 2.24) is 9.88 Å². The Balaban J connectivity index is 2.26. The molecule has 36 heavy (non-hydrogen) atoms. The summed E-state index contributed by atoms with van der Waals surface area (Å²) in [5.41, 5.74) is 1.57. The van der Waals surface area contributed by atoms with Crippen LogP contribution in [0.25, 0.3) is 6.08 Å². The van der Waals surface area contributed by atoms with Gasteiger partial charge in [0, 0.05) is 26.5 Å². The molecule has 1 heterocycles. The van der Waals surface area contributed by atoms with Crippen LogP contribution in [0.1, 0.15) is 27.0 Å². The molecule has 0 amide bonds. The number of carbonyl (C=O) groups excluding carboxylic acids is 1. The zero-order valence-electron chi connectivity index (χ0n) is 20.4. The van der Waals surface area contributed by atoms with Gasteiger partial charge in [0.1, 0.15) is 5.75 Å². The number of methoxy groups -OCH3 is 1. The van der Waals surface area contributed by atoms with Crippen LogP contribution in [0.15, 0.2) is 71.5 Å². The third kappa shape index (κ3) is 5.72. The fraction of sp³-hybridized carbons (Fsp3) is 0.192. The van der Waals surface area contributed by atoms with Gasteiger partial charge < -0.3 is 14.7 Å². The number of nitrogens with zero attached hydrogens (tertiary/aromatic N) is 3. The van der Waals surface area contributed by atoms with Crippen LogP contribution in [0.4, 0.5) is 5.69 Å². The maximum Gasteiger partial charge on any atom is 0.337 e. The molecular formula is C26H27N3O6S. The van der Waals surface area contributed by atoms with Crippen molar-refractivity contribution in [3.63, 3.8) is 0 Å². The molecule has 1 N–H and O–H groups in total. The van der Waals surface area contributed by atoms with Crippen molar-refractivity contribution in [2.45, 2.75) is 18.4 Å². The molecule has 9 nitrogen and oxygen atoms in total. The Labute approximate surface area is 210 Å². The SMILES string of the molecule is COc1ccc(S(=O)(=O)N(Cc2cccnc2)c2c(C)cc(C=C(C=O)N(C)C)cc2C(=O)O)cc1. The summed E-state index contributed by atoms with van der Waals surface area (Å²) in [5.74, 6) is -0.819. The Morgan fingerprint density at radius 1 is 1.14 bits per heavy atom. The topological polar surface area (TPSA) is 117 Å². The first-order valence-corrected chi connectivity index (χ1v) is 12.3. The third-order valence-electron chi connectivity index (χ3n) is 5.45. The lowest BCUT2D eigenvalue weighted by Crippen LogP contribution is -2.32. The quantitative estimate of drug-likeness (QED) is 0.326. The van der Waals surface area contributed by atoms with E-state index in [9.17, 15) is 23.1 Å². The fourth-order valence-electron chi connectivity index (χ4n) is 3.64. The van der Waals surface area contributed by atoms with Crippen LogP contribution in [0.2, 0.25) is 0 Å². The summed E-state index contributed by atoms with van der Waals surface area (Å²) in [7, 11) is 0.654. The molecule has 0 aliphatic heterocycles. The van der Waals surface area contributed by atoms with Crippen LogP contribution >= 0.6 is 0 Å². The Hall–Kier alpha value is -4.18. The number of pyridine rings is 1. The van der Waals surface area contributed by atoms with Gasteiger partial charge in [-0.15, -0.1) is 0 Å². The van der Waals surface area contributed by atoms with Crippen LogP contribution in [-0.4, -0.2) is 56.9 Å². The second-order valence-electron chi connectivity index (χ2n) is 8.17. The summed E-state index contributed by atoms with van der Waals surface area (Å²) >= 11 is 0. The molecular weight excluding hydrogens is 482 g/mol. The van der Waals surface area contributed by atoms with E-state index in [-0.39, 0.29) is 22.7 Å². The molecule has 1 aromatic heterocycles. The molecule has 0 atom stereocenters. The number of likely N-dealkylation sites (N-methyl/N-ethyl adjacent to an activating group) is 1. The Morgan fingerprint density at radius 3 is 2.36 bits per heavy atom. The van der Waals surface area contributed by atoms with Gasteiger partial charge >= 0.3 is 5.97 Å². The highest BCUT2D eigenvalue weighted by atomic mass is 32.2. The van der Waals surface area contributed by atoms with E-state index >= 15 is 0 Å². The number of anilines is 1. The first kappa shape index (κ1) is 26.4. The highest BCUT2D eigenvalue weighted by Gasteiger charge is 2.30. The number of rotatable bonds is 10. The number of hydrogen-bond acceptors (Lipinski definition) is 7. The van der Waals surface area contributed by atoms with E-state index in [2.05, 4.69) is 4.98 Å². The molecule has 0 saturated heterocycles. The van der Waals surface area contributed by atoms with E-state index in [1.165, 1.54) is 43.6 Å². The van der Waals surface area contributed by atoms with Crippen molar-refractivity contribution >= 4 is 34.0 Å². The molecule has 0 radical (unpaired) electrons. The van der Waals surface area contributed by atoms with E-state index in [1.54, 1.807) is 56.4 Å². The normalized spacial score (nSPS) is 11.6. The predicted octanol–water partition coefficient (Wildman–Crippen LogP) is 3.59. The summed E-state index contributed by atoms with van der Waals surface area (Å²) in [6.07, 6.45) is 5.29. The van der Waals surface area contributed by atoms with Crippen LogP contribution in [0.3, 0.4) is 0 Å². The Bertz CT molecular complexity index is 1390. The van der Waals surface area contributed by atoms with Gasteiger partial charge in [-0.05, 0) is 72.2 Å². The van der Waals surface area contributed by atoms with Crippen LogP contribution < -0.4 is 9.04 Å². The summed E-state index contributed by atoms with van der Waals surface area (Å²) in [6.45, 7) is 1.49. The van der Waals surface area contributed by atoms with E-state index in [0.717, 1.165) is 4.31 Å². The van der Waals surface area contributed by atoms with Crippen LogP contribution in [0, 0.1) is 6.92 Å². The minimum atomic E-state index is -4.20. The van der Waals surface area contributed by atoms with E-state index < -0.39 is 16.0 Å². The average Bonchev–Trinajstić information content (AvgIpc) is 2.86. The molecule has 0 fully saturated rings. The lowest BCUT2D eigenvalue weighted by Gasteiger charge is -2.28. The van der Waals surface area contributed by atoms with E-state index in [1.807, 2.05) is 0 Å². The molecule has 0 bridgehead atoms. The maximum absolute atomic E-state index is 13.9. The van der Waals surface area contributed by atoms with Gasteiger partial charge in [0.05, 0.1) is 35.5 Å². The zero-order valence-corrected chi connectivity index (χ0v) is 21.2. The number of aryl methyl sites for hydroxylation is 1. The molecule has 0 aliphatic rings. The summed E-state index contributed by atoms with van der Waals surface area (Å²) in [5, 5.41) is 10.1. The number of allylic oxidation sites excluding steroid dienone is 1. The van der Waals surface area contributed by atoms with Crippen molar-refractivity contribution in [2.24, 2.45) is 0 Å². The van der Waals surface area contributed by atoms with E-state index in [4.69, 9.17) is 4.74 Å². The summed E-state index contributed by atoms with van der Waals surface area (Å²) in [4.78, 5) is 29.4. The number of carboxylic acid groups (broad SMARTS) is 1. The van der Waals surface area contributed by atoms with Crippen molar-refractivity contribution in [3.8, 4) is 5.75 Å². The second-order valence-corrected chi connectivity index (χ2v) is 10.0. The number of sulfonamides is 1.